The van der Waals surface area contributed by atoms with Crippen LogP contribution in [-0.4, -0.2) is 14.5 Å². The summed E-state index contributed by atoms with van der Waals surface area (Å²) in [6.07, 6.45) is 0.906. The first kappa shape index (κ1) is 16.8. The van der Waals surface area contributed by atoms with E-state index < -0.39 is 13.2 Å². The van der Waals surface area contributed by atoms with Crippen molar-refractivity contribution in [2.45, 2.75) is 13.2 Å². The van der Waals surface area contributed by atoms with Gasteiger partial charge in [0.15, 0.2) is 0 Å². The summed E-state index contributed by atoms with van der Waals surface area (Å²) in [7, 11) is 0. The molecule has 0 fully saturated rings. The quantitative estimate of drug-likeness (QED) is 0.236. The van der Waals surface area contributed by atoms with E-state index in [4.69, 9.17) is 6.85 Å². The summed E-state index contributed by atoms with van der Waals surface area (Å²) in [4.78, 5) is 8.88. The summed E-state index contributed by atoms with van der Waals surface area (Å²) in [5, 5.41) is 3.66. The van der Waals surface area contributed by atoms with Gasteiger partial charge in [0.1, 0.15) is 5.82 Å². The Morgan fingerprint density at radius 2 is 1.38 bits per heavy atom. The monoisotopic (exact) mass is 480 g/mol. The molecule has 0 aliphatic heterocycles. The molecule has 0 bridgehead atoms. The maximum Gasteiger partial charge on any atom is 0.114 e. The summed E-state index contributed by atoms with van der Waals surface area (Å²) in [5.41, 5.74) is 6.01. The maximum absolute atomic E-state index is 8.76. The Balaban J connectivity index is 1.61. The predicted octanol–water partition coefficient (Wildman–Crippen LogP) is 8.62. The third kappa shape index (κ3) is 3.43. The summed E-state index contributed by atoms with van der Waals surface area (Å²) in [5.74, 6) is -0.148. The molecule has 0 atom stereocenters. The predicted molar refractivity (Wildman–Crippen MR) is 154 cm³/mol. The molecule has 37 heavy (non-hydrogen) atoms. The van der Waals surface area contributed by atoms with Crippen molar-refractivity contribution in [3.63, 3.8) is 0 Å². The van der Waals surface area contributed by atoms with Crippen LogP contribution < -0.4 is 0 Å². The van der Waals surface area contributed by atoms with E-state index in [2.05, 4.69) is 40.3 Å². The number of para-hydroxylation sites is 2. The summed E-state index contributed by atoms with van der Waals surface area (Å²) < 4.78 is 43.4. The van der Waals surface area contributed by atoms with Crippen LogP contribution in [0.3, 0.4) is 0 Å². The van der Waals surface area contributed by atoms with Crippen LogP contribution in [0.15, 0.2) is 122 Å². The van der Waals surface area contributed by atoms with Gasteiger partial charge in [-0.1, -0.05) is 91.8 Å². The van der Waals surface area contributed by atoms with Gasteiger partial charge >= 0.3 is 0 Å². The zero-order valence-electron chi connectivity index (χ0n) is 24.9. The Bertz CT molecular complexity index is 2060. The van der Waals surface area contributed by atoms with Gasteiger partial charge in [-0.05, 0) is 51.7 Å². The van der Waals surface area contributed by atoms with Crippen molar-refractivity contribution < 1.29 is 6.85 Å². The molecule has 0 saturated carbocycles. The van der Waals surface area contributed by atoms with Crippen LogP contribution in [0.2, 0.25) is 0 Å². The fourth-order valence-corrected chi connectivity index (χ4v) is 5.38. The second-order valence-electron chi connectivity index (χ2n) is 9.02. The lowest BCUT2D eigenvalue weighted by molar-refractivity contribution is 0.917. The van der Waals surface area contributed by atoms with E-state index in [0.717, 1.165) is 43.8 Å². The van der Waals surface area contributed by atoms with Crippen LogP contribution in [0, 0.1) is 0 Å². The summed E-state index contributed by atoms with van der Waals surface area (Å²) >= 11 is 0. The molecule has 3 heteroatoms. The standard InChI is InChI=1S/C34H25N3/c1-2-32-36-30-18-7-8-19-31(30)37(32)34-28-16-5-3-14-26(28)33(27-15-4-6-17-29(27)34)24-12-9-11-23(21-24)25-13-10-20-35-22-25/h3-22H,2H2,1H3/i1D3,2D2. The van der Waals surface area contributed by atoms with Gasteiger partial charge in [-0.15, -0.1) is 0 Å². The number of aromatic nitrogens is 3. The number of pyridine rings is 1. The fourth-order valence-electron chi connectivity index (χ4n) is 5.38. The van der Waals surface area contributed by atoms with Crippen LogP contribution in [0.5, 0.6) is 0 Å². The van der Waals surface area contributed by atoms with Crippen molar-refractivity contribution in [2.24, 2.45) is 0 Å². The molecular weight excluding hydrogens is 450 g/mol. The zero-order chi connectivity index (χ0) is 29.1. The number of rotatable bonds is 4. The lowest BCUT2D eigenvalue weighted by atomic mass is 9.89. The Hall–Kier alpha value is -4.76. The molecule has 5 aromatic carbocycles. The molecule has 0 spiro atoms. The van der Waals surface area contributed by atoms with Crippen molar-refractivity contribution in [3.05, 3.63) is 127 Å². The van der Waals surface area contributed by atoms with E-state index in [1.165, 1.54) is 0 Å². The Morgan fingerprint density at radius 1 is 0.703 bits per heavy atom. The molecule has 7 rings (SSSR count). The van der Waals surface area contributed by atoms with Crippen LogP contribution >= 0.6 is 0 Å². The highest BCUT2D eigenvalue weighted by Gasteiger charge is 2.20. The third-order valence-electron chi connectivity index (χ3n) is 6.95. The number of hydrogen-bond donors (Lipinski definition) is 0. The van der Waals surface area contributed by atoms with E-state index >= 15 is 0 Å². The highest BCUT2D eigenvalue weighted by atomic mass is 15.1. The minimum atomic E-state index is -2.93. The molecule has 0 radical (unpaired) electrons. The molecule has 0 aliphatic carbocycles. The van der Waals surface area contributed by atoms with Crippen molar-refractivity contribution >= 4 is 32.6 Å². The van der Waals surface area contributed by atoms with Crippen LogP contribution in [0.1, 0.15) is 19.5 Å². The first-order valence-corrected chi connectivity index (χ1v) is 12.2. The molecule has 2 aromatic heterocycles. The molecule has 7 aromatic rings. The van der Waals surface area contributed by atoms with Crippen LogP contribution in [0.25, 0.3) is 60.5 Å². The molecular formula is C34H25N3. The van der Waals surface area contributed by atoms with Crippen molar-refractivity contribution in [2.75, 3.05) is 0 Å². The lowest BCUT2D eigenvalue weighted by Gasteiger charge is -2.20. The van der Waals surface area contributed by atoms with E-state index in [1.54, 1.807) is 16.8 Å². The highest BCUT2D eigenvalue weighted by Crippen LogP contribution is 2.42. The number of hydrogen-bond acceptors (Lipinski definition) is 2. The molecule has 0 N–H and O–H groups in total. The Morgan fingerprint density at radius 3 is 2.11 bits per heavy atom. The highest BCUT2D eigenvalue weighted by molar-refractivity contribution is 6.18. The number of nitrogens with zero attached hydrogens (tertiary/aromatic N) is 3. The van der Waals surface area contributed by atoms with E-state index in [1.807, 2.05) is 79.0 Å². The second kappa shape index (κ2) is 8.72. The zero-order valence-corrected chi connectivity index (χ0v) is 19.9. The van der Waals surface area contributed by atoms with Crippen molar-refractivity contribution in [1.82, 2.24) is 14.5 Å². The summed E-state index contributed by atoms with van der Waals surface area (Å²) in [6.45, 7) is -2.93. The van der Waals surface area contributed by atoms with Crippen molar-refractivity contribution in [3.8, 4) is 27.9 Å². The topological polar surface area (TPSA) is 30.7 Å². The minimum Gasteiger partial charge on any atom is -0.295 e. The molecule has 0 saturated heterocycles. The van der Waals surface area contributed by atoms with Gasteiger partial charge in [-0.25, -0.2) is 4.98 Å². The maximum atomic E-state index is 8.76. The molecule has 3 nitrogen and oxygen atoms in total. The average molecular weight is 481 g/mol. The molecule has 2 heterocycles. The Labute approximate surface area is 222 Å². The average Bonchev–Trinajstić information content (AvgIpc) is 3.40. The van der Waals surface area contributed by atoms with E-state index in [9.17, 15) is 0 Å². The molecule has 0 unspecified atom stereocenters. The molecule has 0 aliphatic rings. The SMILES string of the molecule is [2H]C([2H])([2H])C([2H])([2H])c1nc2ccccc2n1-c1c2ccccc2c(-c2cccc(-c3cccnc3)c2)c2ccccc12. The number of imidazole rings is 1. The van der Waals surface area contributed by atoms with E-state index in [-0.39, 0.29) is 5.82 Å². The molecule has 0 amide bonds. The van der Waals surface area contributed by atoms with Gasteiger partial charge in [-0.3, -0.25) is 9.55 Å². The summed E-state index contributed by atoms with van der Waals surface area (Å²) in [6, 6.07) is 35.7. The van der Waals surface area contributed by atoms with Crippen molar-refractivity contribution in [1.29, 1.82) is 0 Å². The number of fused-ring (bicyclic) bond motifs is 3. The first-order chi connectivity index (χ1) is 20.3. The second-order valence-corrected chi connectivity index (χ2v) is 9.02. The Kier molecular flexibility index (Phi) is 3.97. The fraction of sp³-hybridized carbons (Fsp3) is 0.0588. The largest absolute Gasteiger partial charge is 0.295 e. The van der Waals surface area contributed by atoms with Gasteiger partial charge in [0.05, 0.1) is 16.7 Å². The van der Waals surface area contributed by atoms with Gasteiger partial charge in [0, 0.05) is 42.0 Å². The van der Waals surface area contributed by atoms with Gasteiger partial charge < -0.3 is 0 Å². The smallest absolute Gasteiger partial charge is 0.114 e. The van der Waals surface area contributed by atoms with Gasteiger partial charge in [-0.2, -0.15) is 0 Å². The first-order valence-electron chi connectivity index (χ1n) is 14.7. The third-order valence-corrected chi connectivity index (χ3v) is 6.95. The normalized spacial score (nSPS) is 14.2. The minimum absolute atomic E-state index is 0.148. The van der Waals surface area contributed by atoms with Gasteiger partial charge in [0.2, 0.25) is 0 Å². The van der Waals surface area contributed by atoms with Gasteiger partial charge in [0.25, 0.3) is 0 Å². The molecule has 176 valence electrons. The number of benzene rings is 5. The lowest BCUT2D eigenvalue weighted by Crippen LogP contribution is -2.03. The van der Waals surface area contributed by atoms with Crippen LogP contribution in [-0.2, 0) is 6.37 Å². The van der Waals surface area contributed by atoms with Crippen LogP contribution in [0.4, 0.5) is 0 Å². The van der Waals surface area contributed by atoms with E-state index in [0.29, 0.717) is 16.7 Å². The number of aryl methyl sites for hydroxylation is 1.